The Morgan fingerprint density at radius 1 is 1.32 bits per heavy atom. The molecular weight excluding hydrogens is 262 g/mol. The first-order valence-electron chi connectivity index (χ1n) is 6.14. The molecule has 1 aromatic heterocycles. The molecule has 2 aromatic rings. The largest absolute Gasteiger partial charge is 0.481 e. The highest BCUT2D eigenvalue weighted by atomic mass is 35.5. The number of benzene rings is 1. The summed E-state index contributed by atoms with van der Waals surface area (Å²) in [5.41, 5.74) is 4.23. The Balaban J connectivity index is 2.39. The number of carboxylic acid groups (broad SMARTS) is 1. The summed E-state index contributed by atoms with van der Waals surface area (Å²) < 4.78 is 2.10. The average molecular weight is 278 g/mol. The van der Waals surface area contributed by atoms with Gasteiger partial charge >= 0.3 is 5.97 Å². The lowest BCUT2D eigenvalue weighted by Gasteiger charge is -2.10. The van der Waals surface area contributed by atoms with Gasteiger partial charge in [-0.15, -0.1) is 0 Å². The Morgan fingerprint density at radius 3 is 2.68 bits per heavy atom. The lowest BCUT2D eigenvalue weighted by atomic mass is 10.1. The number of hydrogen-bond donors (Lipinski definition) is 1. The van der Waals surface area contributed by atoms with Gasteiger partial charge in [0, 0.05) is 28.5 Å². The lowest BCUT2D eigenvalue weighted by molar-refractivity contribution is -0.136. The number of aryl methyl sites for hydroxylation is 2. The van der Waals surface area contributed by atoms with E-state index in [1.165, 1.54) is 0 Å². The third kappa shape index (κ3) is 2.99. The average Bonchev–Trinajstić information content (AvgIpc) is 2.62. The van der Waals surface area contributed by atoms with E-state index < -0.39 is 5.97 Å². The molecule has 1 aromatic carbocycles. The van der Waals surface area contributed by atoms with E-state index in [-0.39, 0.29) is 6.42 Å². The van der Waals surface area contributed by atoms with Gasteiger partial charge in [0.1, 0.15) is 0 Å². The van der Waals surface area contributed by atoms with Crippen LogP contribution in [0.4, 0.5) is 0 Å². The van der Waals surface area contributed by atoms with Gasteiger partial charge in [-0.2, -0.15) is 0 Å². The van der Waals surface area contributed by atoms with E-state index in [1.54, 1.807) is 0 Å². The van der Waals surface area contributed by atoms with Crippen LogP contribution in [0, 0.1) is 13.8 Å². The van der Waals surface area contributed by atoms with E-state index in [9.17, 15) is 4.79 Å². The van der Waals surface area contributed by atoms with Gasteiger partial charge in [-0.05, 0) is 50.1 Å². The fraction of sp³-hybridized carbons (Fsp3) is 0.267. The minimum atomic E-state index is -0.771. The van der Waals surface area contributed by atoms with Gasteiger partial charge in [-0.1, -0.05) is 17.7 Å². The molecule has 0 radical (unpaired) electrons. The summed E-state index contributed by atoms with van der Waals surface area (Å²) >= 11 is 6.02. The Kier molecular flexibility index (Phi) is 3.96. The molecule has 0 aliphatic carbocycles. The molecular formula is C15H16ClNO2. The molecule has 0 aliphatic rings. The molecule has 100 valence electrons. The fourth-order valence-electron chi connectivity index (χ4n) is 2.34. The summed E-state index contributed by atoms with van der Waals surface area (Å²) in [6.45, 7) is 4.02. The van der Waals surface area contributed by atoms with E-state index in [2.05, 4.69) is 4.57 Å². The molecule has 0 fully saturated rings. The number of carbonyl (C=O) groups is 1. The monoisotopic (exact) mass is 277 g/mol. The van der Waals surface area contributed by atoms with E-state index >= 15 is 0 Å². The maximum Gasteiger partial charge on any atom is 0.303 e. The predicted octanol–water partition coefficient (Wildman–Crippen LogP) is 3.76. The second kappa shape index (κ2) is 5.49. The summed E-state index contributed by atoms with van der Waals surface area (Å²) in [5.74, 6) is -0.771. The molecule has 0 saturated heterocycles. The second-order valence-electron chi connectivity index (χ2n) is 4.61. The number of rotatable bonds is 4. The van der Waals surface area contributed by atoms with Gasteiger partial charge in [0.2, 0.25) is 0 Å². The molecule has 1 heterocycles. The van der Waals surface area contributed by atoms with Crippen LogP contribution in [-0.4, -0.2) is 15.6 Å². The standard InChI is InChI=1S/C15H16ClNO2/c1-10-8-12(6-7-15(18)19)11(2)17(10)14-5-3-4-13(16)9-14/h3-5,8-9H,6-7H2,1-2H3,(H,18,19). The number of carboxylic acids is 1. The molecule has 0 aliphatic heterocycles. The van der Waals surface area contributed by atoms with Crippen LogP contribution in [0.5, 0.6) is 0 Å². The first-order valence-corrected chi connectivity index (χ1v) is 6.52. The molecule has 2 rings (SSSR count). The van der Waals surface area contributed by atoms with Crippen molar-refractivity contribution in [3.63, 3.8) is 0 Å². The van der Waals surface area contributed by atoms with Crippen molar-refractivity contribution in [2.75, 3.05) is 0 Å². The minimum Gasteiger partial charge on any atom is -0.481 e. The molecule has 0 unspecified atom stereocenters. The number of hydrogen-bond acceptors (Lipinski definition) is 1. The summed E-state index contributed by atoms with van der Waals surface area (Å²) in [4.78, 5) is 10.7. The summed E-state index contributed by atoms with van der Waals surface area (Å²) in [6, 6.07) is 9.69. The highest BCUT2D eigenvalue weighted by molar-refractivity contribution is 6.30. The molecule has 4 heteroatoms. The quantitative estimate of drug-likeness (QED) is 0.924. The van der Waals surface area contributed by atoms with Gasteiger partial charge in [0.05, 0.1) is 0 Å². The molecule has 0 bridgehead atoms. The highest BCUT2D eigenvalue weighted by Gasteiger charge is 2.11. The number of halogens is 1. The normalized spacial score (nSPS) is 10.7. The van der Waals surface area contributed by atoms with Gasteiger partial charge in [0.15, 0.2) is 0 Å². The number of nitrogens with zero attached hydrogens (tertiary/aromatic N) is 1. The van der Waals surface area contributed by atoms with Crippen molar-refractivity contribution in [2.45, 2.75) is 26.7 Å². The Hall–Kier alpha value is -1.74. The van der Waals surface area contributed by atoms with Crippen LogP contribution in [0.15, 0.2) is 30.3 Å². The molecule has 1 N–H and O–H groups in total. The topological polar surface area (TPSA) is 42.2 Å². The first kappa shape index (κ1) is 13.7. The van der Waals surface area contributed by atoms with Crippen LogP contribution in [0.25, 0.3) is 5.69 Å². The van der Waals surface area contributed by atoms with E-state index in [1.807, 2.05) is 44.2 Å². The van der Waals surface area contributed by atoms with Crippen LogP contribution in [0.2, 0.25) is 5.02 Å². The van der Waals surface area contributed by atoms with Crippen molar-refractivity contribution in [3.8, 4) is 5.69 Å². The molecule has 0 saturated carbocycles. The van der Waals surface area contributed by atoms with Crippen molar-refractivity contribution in [3.05, 3.63) is 52.3 Å². The second-order valence-corrected chi connectivity index (χ2v) is 5.04. The van der Waals surface area contributed by atoms with E-state index in [0.717, 1.165) is 22.6 Å². The minimum absolute atomic E-state index is 0.153. The summed E-state index contributed by atoms with van der Waals surface area (Å²) in [7, 11) is 0. The summed E-state index contributed by atoms with van der Waals surface area (Å²) in [6.07, 6.45) is 0.704. The molecule has 0 atom stereocenters. The predicted molar refractivity (Wildman–Crippen MR) is 76.2 cm³/mol. The Labute approximate surface area is 117 Å². The lowest BCUT2D eigenvalue weighted by Crippen LogP contribution is -2.01. The van der Waals surface area contributed by atoms with Crippen molar-refractivity contribution in [2.24, 2.45) is 0 Å². The number of aliphatic carboxylic acids is 1. The van der Waals surface area contributed by atoms with E-state index in [0.29, 0.717) is 11.4 Å². The molecule has 19 heavy (non-hydrogen) atoms. The maximum absolute atomic E-state index is 10.7. The van der Waals surface area contributed by atoms with Crippen LogP contribution in [0.3, 0.4) is 0 Å². The highest BCUT2D eigenvalue weighted by Crippen LogP contribution is 2.23. The van der Waals surface area contributed by atoms with Crippen LogP contribution in [0.1, 0.15) is 23.4 Å². The van der Waals surface area contributed by atoms with Crippen LogP contribution >= 0.6 is 11.6 Å². The zero-order chi connectivity index (χ0) is 14.0. The maximum atomic E-state index is 10.7. The van der Waals surface area contributed by atoms with Crippen molar-refractivity contribution < 1.29 is 9.90 Å². The smallest absolute Gasteiger partial charge is 0.303 e. The zero-order valence-electron chi connectivity index (χ0n) is 11.0. The molecule has 3 nitrogen and oxygen atoms in total. The number of aromatic nitrogens is 1. The van der Waals surface area contributed by atoms with Crippen LogP contribution in [-0.2, 0) is 11.2 Å². The Bertz CT molecular complexity index is 617. The first-order chi connectivity index (χ1) is 8.99. The van der Waals surface area contributed by atoms with Gasteiger partial charge in [-0.25, -0.2) is 0 Å². The zero-order valence-corrected chi connectivity index (χ0v) is 11.7. The van der Waals surface area contributed by atoms with Gasteiger partial charge in [0.25, 0.3) is 0 Å². The Morgan fingerprint density at radius 2 is 2.05 bits per heavy atom. The van der Waals surface area contributed by atoms with Gasteiger partial charge < -0.3 is 9.67 Å². The van der Waals surface area contributed by atoms with Crippen molar-refractivity contribution >= 4 is 17.6 Å². The van der Waals surface area contributed by atoms with Crippen LogP contribution < -0.4 is 0 Å². The van der Waals surface area contributed by atoms with Crippen molar-refractivity contribution in [1.82, 2.24) is 4.57 Å². The molecule has 0 spiro atoms. The van der Waals surface area contributed by atoms with Gasteiger partial charge in [-0.3, -0.25) is 4.79 Å². The fourth-order valence-corrected chi connectivity index (χ4v) is 2.52. The third-order valence-corrected chi connectivity index (χ3v) is 3.45. The van der Waals surface area contributed by atoms with E-state index in [4.69, 9.17) is 16.7 Å². The molecule has 0 amide bonds. The van der Waals surface area contributed by atoms with Crippen molar-refractivity contribution in [1.29, 1.82) is 0 Å². The summed E-state index contributed by atoms with van der Waals surface area (Å²) in [5, 5.41) is 9.46. The SMILES string of the molecule is Cc1cc(CCC(=O)O)c(C)n1-c1cccc(Cl)c1. The third-order valence-electron chi connectivity index (χ3n) is 3.21.